The van der Waals surface area contributed by atoms with Crippen LogP contribution in [-0.4, -0.2) is 47.3 Å². The van der Waals surface area contributed by atoms with E-state index in [0.29, 0.717) is 12.0 Å². The zero-order valence-corrected chi connectivity index (χ0v) is 11.8. The van der Waals surface area contributed by atoms with Gasteiger partial charge in [-0.15, -0.1) is 0 Å². The normalized spacial score (nSPS) is 43.5. The van der Waals surface area contributed by atoms with Crippen LogP contribution in [0.15, 0.2) is 0 Å². The number of piperidine rings is 1. The summed E-state index contributed by atoms with van der Waals surface area (Å²) in [5.74, 6) is 1.38. The van der Waals surface area contributed by atoms with Crippen molar-refractivity contribution in [2.24, 2.45) is 11.8 Å². The van der Waals surface area contributed by atoms with Gasteiger partial charge >= 0.3 is 0 Å². The minimum Gasteiger partial charge on any atom is -0.393 e. The third-order valence-electron chi connectivity index (χ3n) is 5.11. The van der Waals surface area contributed by atoms with E-state index in [1.807, 2.05) is 6.92 Å². The summed E-state index contributed by atoms with van der Waals surface area (Å²) in [7, 11) is 0. The lowest BCUT2D eigenvalue weighted by Gasteiger charge is -2.48. The quantitative estimate of drug-likeness (QED) is 0.798. The molecule has 0 spiro atoms. The minimum absolute atomic E-state index is 0.159. The van der Waals surface area contributed by atoms with Crippen LogP contribution in [0.4, 0.5) is 0 Å². The molecule has 3 fully saturated rings. The van der Waals surface area contributed by atoms with Crippen LogP contribution in [0.25, 0.3) is 0 Å². The summed E-state index contributed by atoms with van der Waals surface area (Å²) in [6.45, 7) is 6.63. The molecule has 0 radical (unpaired) electrons. The molecule has 0 amide bonds. The van der Waals surface area contributed by atoms with Gasteiger partial charge in [0.05, 0.1) is 6.10 Å². The fourth-order valence-electron chi connectivity index (χ4n) is 3.68. The van der Waals surface area contributed by atoms with Crippen molar-refractivity contribution in [3.05, 3.63) is 0 Å². The Bertz CT molecular complexity index is 284. The van der Waals surface area contributed by atoms with E-state index >= 15 is 0 Å². The number of rotatable bonds is 4. The second-order valence-electron chi connectivity index (χ2n) is 7.06. The molecule has 3 unspecified atom stereocenters. The van der Waals surface area contributed by atoms with Gasteiger partial charge in [0.1, 0.15) is 0 Å². The van der Waals surface area contributed by atoms with Crippen molar-refractivity contribution in [1.82, 2.24) is 10.2 Å². The van der Waals surface area contributed by atoms with Gasteiger partial charge in [0.25, 0.3) is 0 Å². The summed E-state index contributed by atoms with van der Waals surface area (Å²) < 4.78 is 0. The molecule has 0 aromatic heterocycles. The molecule has 3 aliphatic rings. The number of hydrogen-bond donors (Lipinski definition) is 2. The van der Waals surface area contributed by atoms with Crippen LogP contribution in [-0.2, 0) is 0 Å². The van der Waals surface area contributed by atoms with E-state index in [1.165, 1.54) is 32.2 Å². The highest BCUT2D eigenvalue weighted by atomic mass is 16.3. The molecule has 18 heavy (non-hydrogen) atoms. The number of likely N-dealkylation sites (tertiary alicyclic amines) is 1. The molecule has 3 atom stereocenters. The first-order valence-corrected chi connectivity index (χ1v) is 7.80. The lowest BCUT2D eigenvalue weighted by atomic mass is 9.78. The lowest BCUT2D eigenvalue weighted by Crippen LogP contribution is -2.57. The van der Waals surface area contributed by atoms with Gasteiger partial charge in [0.15, 0.2) is 0 Å². The van der Waals surface area contributed by atoms with Crippen LogP contribution >= 0.6 is 0 Å². The van der Waals surface area contributed by atoms with Crippen molar-refractivity contribution in [3.63, 3.8) is 0 Å². The summed E-state index contributed by atoms with van der Waals surface area (Å²) in [4.78, 5) is 2.65. The average molecular weight is 252 g/mol. The fraction of sp³-hybridized carbons (Fsp3) is 1.00. The second-order valence-corrected chi connectivity index (χ2v) is 7.06. The van der Waals surface area contributed by atoms with Crippen molar-refractivity contribution >= 4 is 0 Å². The zero-order valence-electron chi connectivity index (χ0n) is 11.8. The van der Waals surface area contributed by atoms with Crippen LogP contribution in [0, 0.1) is 11.8 Å². The van der Waals surface area contributed by atoms with E-state index in [0.717, 1.165) is 31.0 Å². The molecule has 104 valence electrons. The molecule has 2 saturated carbocycles. The van der Waals surface area contributed by atoms with Gasteiger partial charge in [-0.3, -0.25) is 4.90 Å². The highest BCUT2D eigenvalue weighted by molar-refractivity contribution is 4.95. The molecule has 3 rings (SSSR count). The smallest absolute Gasteiger partial charge is 0.0553 e. The first-order valence-electron chi connectivity index (χ1n) is 7.80. The molecule has 0 aromatic carbocycles. The van der Waals surface area contributed by atoms with Crippen molar-refractivity contribution < 1.29 is 5.11 Å². The van der Waals surface area contributed by atoms with Crippen molar-refractivity contribution in [1.29, 1.82) is 0 Å². The Morgan fingerprint density at radius 3 is 2.39 bits per heavy atom. The molecule has 0 aromatic rings. The van der Waals surface area contributed by atoms with E-state index in [9.17, 15) is 5.11 Å². The Kier molecular flexibility index (Phi) is 3.65. The molecule has 3 nitrogen and oxygen atoms in total. The second kappa shape index (κ2) is 5.10. The largest absolute Gasteiger partial charge is 0.393 e. The number of nitrogens with one attached hydrogen (secondary N) is 1. The van der Waals surface area contributed by atoms with Gasteiger partial charge in [-0.05, 0) is 50.9 Å². The van der Waals surface area contributed by atoms with E-state index in [2.05, 4.69) is 17.1 Å². The van der Waals surface area contributed by atoms with Gasteiger partial charge in [-0.2, -0.15) is 0 Å². The van der Waals surface area contributed by atoms with Crippen LogP contribution in [0.5, 0.6) is 0 Å². The molecule has 0 bridgehead atoms. The molecular weight excluding hydrogens is 224 g/mol. The Labute approximate surface area is 111 Å². The predicted molar refractivity (Wildman–Crippen MR) is 73.5 cm³/mol. The molecule has 3 heteroatoms. The maximum atomic E-state index is 9.93. The van der Waals surface area contributed by atoms with E-state index in [-0.39, 0.29) is 6.10 Å². The first-order chi connectivity index (χ1) is 8.61. The van der Waals surface area contributed by atoms with Gasteiger partial charge in [0, 0.05) is 31.2 Å². The SMILES string of the molecule is CC1CC(N2CC(NC3CC3)CC(C(C)O)C2)C1. The third kappa shape index (κ3) is 2.89. The summed E-state index contributed by atoms with van der Waals surface area (Å²) in [6.07, 6.45) is 6.44. The van der Waals surface area contributed by atoms with Gasteiger partial charge < -0.3 is 10.4 Å². The highest BCUT2D eigenvalue weighted by Gasteiger charge is 2.38. The van der Waals surface area contributed by atoms with Gasteiger partial charge in [-0.25, -0.2) is 0 Å². The van der Waals surface area contributed by atoms with Crippen molar-refractivity contribution in [3.8, 4) is 0 Å². The Hall–Kier alpha value is -0.120. The summed E-state index contributed by atoms with van der Waals surface area (Å²) >= 11 is 0. The maximum absolute atomic E-state index is 9.93. The summed E-state index contributed by atoms with van der Waals surface area (Å²) in [5, 5.41) is 13.7. The molecule has 1 saturated heterocycles. The molecule has 1 aliphatic heterocycles. The number of nitrogens with zero attached hydrogens (tertiary/aromatic N) is 1. The number of aliphatic hydroxyl groups is 1. The standard InChI is InChI=1S/C15H28N2O/c1-10-5-15(6-10)17-8-12(11(2)18)7-14(9-17)16-13-3-4-13/h10-16,18H,3-9H2,1-2H3. The Morgan fingerprint density at radius 1 is 1.11 bits per heavy atom. The van der Waals surface area contributed by atoms with Crippen LogP contribution < -0.4 is 5.32 Å². The summed E-state index contributed by atoms with van der Waals surface area (Å²) in [6, 6.07) is 2.19. The highest BCUT2D eigenvalue weighted by Crippen LogP contribution is 2.35. The first kappa shape index (κ1) is 12.9. The predicted octanol–water partition coefficient (Wildman–Crippen LogP) is 1.61. The van der Waals surface area contributed by atoms with Crippen LogP contribution in [0.3, 0.4) is 0 Å². The van der Waals surface area contributed by atoms with Crippen molar-refractivity contribution in [2.45, 2.75) is 70.2 Å². The van der Waals surface area contributed by atoms with E-state index in [4.69, 9.17) is 0 Å². The van der Waals surface area contributed by atoms with Crippen LogP contribution in [0.1, 0.15) is 46.0 Å². The van der Waals surface area contributed by atoms with Crippen LogP contribution in [0.2, 0.25) is 0 Å². The minimum atomic E-state index is -0.159. The Morgan fingerprint density at radius 2 is 1.83 bits per heavy atom. The number of aliphatic hydroxyl groups excluding tert-OH is 1. The summed E-state index contributed by atoms with van der Waals surface area (Å²) in [5.41, 5.74) is 0. The van der Waals surface area contributed by atoms with Gasteiger partial charge in [-0.1, -0.05) is 6.92 Å². The molecule has 2 aliphatic carbocycles. The van der Waals surface area contributed by atoms with E-state index < -0.39 is 0 Å². The third-order valence-corrected chi connectivity index (χ3v) is 5.11. The maximum Gasteiger partial charge on any atom is 0.0553 e. The van der Waals surface area contributed by atoms with E-state index in [1.54, 1.807) is 0 Å². The number of hydrogen-bond acceptors (Lipinski definition) is 3. The topological polar surface area (TPSA) is 35.5 Å². The lowest BCUT2D eigenvalue weighted by molar-refractivity contribution is -0.00313. The van der Waals surface area contributed by atoms with Crippen molar-refractivity contribution in [2.75, 3.05) is 13.1 Å². The zero-order chi connectivity index (χ0) is 12.7. The molecule has 2 N–H and O–H groups in total. The molecule has 1 heterocycles. The Balaban J connectivity index is 1.58. The molecular formula is C15H28N2O. The monoisotopic (exact) mass is 252 g/mol. The average Bonchev–Trinajstić information content (AvgIpc) is 3.08. The fourth-order valence-corrected chi connectivity index (χ4v) is 3.68. The van der Waals surface area contributed by atoms with Gasteiger partial charge in [0.2, 0.25) is 0 Å².